The minimum absolute atomic E-state index is 0.397. The molecule has 0 N–H and O–H groups in total. The van der Waals surface area contributed by atoms with Crippen molar-refractivity contribution in [2.75, 3.05) is 20.6 Å². The van der Waals surface area contributed by atoms with E-state index in [0.29, 0.717) is 5.15 Å². The van der Waals surface area contributed by atoms with Gasteiger partial charge in [0.2, 0.25) is 0 Å². The predicted molar refractivity (Wildman–Crippen MR) is 58.9 cm³/mol. The number of aromatic nitrogens is 4. The molecule has 0 aliphatic rings. The number of likely N-dealkylation sites (N-methyl/N-ethyl adjacent to an activating group) is 1. The molecule has 0 radical (unpaired) electrons. The summed E-state index contributed by atoms with van der Waals surface area (Å²) in [6.45, 7) is 1.69. The molecule has 80 valence electrons. The Morgan fingerprint density at radius 3 is 2.93 bits per heavy atom. The molecule has 5 nitrogen and oxygen atoms in total. The van der Waals surface area contributed by atoms with Crippen LogP contribution in [-0.2, 0) is 6.54 Å². The van der Waals surface area contributed by atoms with Crippen molar-refractivity contribution in [1.82, 2.24) is 24.6 Å². The Morgan fingerprint density at radius 1 is 1.40 bits per heavy atom. The van der Waals surface area contributed by atoms with Crippen molar-refractivity contribution in [2.24, 2.45) is 0 Å². The maximum absolute atomic E-state index is 5.79. The number of hydrogen-bond donors (Lipinski definition) is 0. The Labute approximate surface area is 92.7 Å². The maximum atomic E-state index is 5.79. The van der Waals surface area contributed by atoms with Gasteiger partial charge in [0.05, 0.1) is 18.9 Å². The molecule has 15 heavy (non-hydrogen) atoms. The molecule has 0 saturated carbocycles. The number of halogens is 1. The number of rotatable bonds is 3. The summed E-state index contributed by atoms with van der Waals surface area (Å²) in [6.07, 6.45) is 3.23. The minimum Gasteiger partial charge on any atom is -0.308 e. The Balaban J connectivity index is 2.31. The molecular formula is C9H12ClN5. The fourth-order valence-corrected chi connectivity index (χ4v) is 1.42. The summed E-state index contributed by atoms with van der Waals surface area (Å²) >= 11 is 5.79. The zero-order chi connectivity index (χ0) is 10.8. The van der Waals surface area contributed by atoms with Gasteiger partial charge in [-0.2, -0.15) is 5.10 Å². The van der Waals surface area contributed by atoms with Crippen LogP contribution in [0.3, 0.4) is 0 Å². The predicted octanol–water partition coefficient (Wildman–Crippen LogP) is 1.04. The van der Waals surface area contributed by atoms with Gasteiger partial charge in [-0.25, -0.2) is 14.6 Å². The van der Waals surface area contributed by atoms with E-state index >= 15 is 0 Å². The van der Waals surface area contributed by atoms with Gasteiger partial charge in [-0.3, -0.25) is 0 Å². The summed E-state index contributed by atoms with van der Waals surface area (Å²) in [4.78, 5) is 10.4. The highest BCUT2D eigenvalue weighted by atomic mass is 35.5. The summed E-state index contributed by atoms with van der Waals surface area (Å²) in [6, 6.07) is 0. The highest BCUT2D eigenvalue weighted by Gasteiger charge is 2.05. The fourth-order valence-electron chi connectivity index (χ4n) is 1.29. The van der Waals surface area contributed by atoms with Crippen LogP contribution in [0.25, 0.3) is 11.2 Å². The first kappa shape index (κ1) is 10.3. The zero-order valence-corrected chi connectivity index (χ0v) is 9.44. The van der Waals surface area contributed by atoms with Gasteiger partial charge in [-0.1, -0.05) is 11.6 Å². The van der Waals surface area contributed by atoms with Gasteiger partial charge in [0, 0.05) is 6.54 Å². The van der Waals surface area contributed by atoms with E-state index in [1.807, 2.05) is 18.8 Å². The summed E-state index contributed by atoms with van der Waals surface area (Å²) in [5.74, 6) is 0. The average molecular weight is 226 g/mol. The summed E-state index contributed by atoms with van der Waals surface area (Å²) < 4.78 is 1.81. The average Bonchev–Trinajstić information content (AvgIpc) is 2.57. The maximum Gasteiger partial charge on any atom is 0.178 e. The summed E-state index contributed by atoms with van der Waals surface area (Å²) in [5, 5.41) is 4.61. The smallest absolute Gasteiger partial charge is 0.178 e. The van der Waals surface area contributed by atoms with Crippen molar-refractivity contribution < 1.29 is 0 Å². The van der Waals surface area contributed by atoms with Gasteiger partial charge in [0.15, 0.2) is 5.65 Å². The van der Waals surface area contributed by atoms with Crippen molar-refractivity contribution in [2.45, 2.75) is 6.54 Å². The molecule has 0 aliphatic heterocycles. The third-order valence-corrected chi connectivity index (χ3v) is 2.26. The highest BCUT2D eigenvalue weighted by molar-refractivity contribution is 6.29. The van der Waals surface area contributed by atoms with Gasteiger partial charge in [0.1, 0.15) is 10.7 Å². The van der Waals surface area contributed by atoms with Gasteiger partial charge < -0.3 is 4.90 Å². The molecule has 6 heteroatoms. The molecule has 2 aromatic rings. The Kier molecular flexibility index (Phi) is 2.83. The van der Waals surface area contributed by atoms with Gasteiger partial charge in [0.25, 0.3) is 0 Å². The van der Waals surface area contributed by atoms with Crippen LogP contribution in [0.2, 0.25) is 5.15 Å². The number of hydrogen-bond acceptors (Lipinski definition) is 4. The van der Waals surface area contributed by atoms with E-state index in [2.05, 4.69) is 20.0 Å². The lowest BCUT2D eigenvalue weighted by molar-refractivity contribution is 0.376. The number of fused-ring (bicyclic) bond motifs is 1. The Morgan fingerprint density at radius 2 is 2.20 bits per heavy atom. The first-order valence-corrected chi connectivity index (χ1v) is 5.03. The van der Waals surface area contributed by atoms with E-state index in [9.17, 15) is 0 Å². The van der Waals surface area contributed by atoms with Crippen molar-refractivity contribution in [3.05, 3.63) is 17.5 Å². The zero-order valence-electron chi connectivity index (χ0n) is 8.68. The van der Waals surface area contributed by atoms with E-state index in [1.54, 1.807) is 6.20 Å². The second-order valence-electron chi connectivity index (χ2n) is 3.57. The number of nitrogens with zero attached hydrogens (tertiary/aromatic N) is 5. The lowest BCUT2D eigenvalue weighted by Crippen LogP contribution is -2.19. The SMILES string of the molecule is CN(C)CCn1ncc2ncc(Cl)nc21. The van der Waals surface area contributed by atoms with Gasteiger partial charge >= 0.3 is 0 Å². The van der Waals surface area contributed by atoms with Crippen LogP contribution >= 0.6 is 11.6 Å². The van der Waals surface area contributed by atoms with Crippen molar-refractivity contribution in [3.63, 3.8) is 0 Å². The Hall–Kier alpha value is -1.20. The largest absolute Gasteiger partial charge is 0.308 e. The van der Waals surface area contributed by atoms with Crippen molar-refractivity contribution in [3.8, 4) is 0 Å². The fraction of sp³-hybridized carbons (Fsp3) is 0.444. The molecule has 0 spiro atoms. The molecule has 2 heterocycles. The molecule has 0 unspecified atom stereocenters. The molecule has 2 rings (SSSR count). The second kappa shape index (κ2) is 4.12. The van der Waals surface area contributed by atoms with E-state index in [-0.39, 0.29) is 0 Å². The van der Waals surface area contributed by atoms with Crippen LogP contribution in [0, 0.1) is 0 Å². The van der Waals surface area contributed by atoms with Gasteiger partial charge in [-0.15, -0.1) is 0 Å². The van der Waals surface area contributed by atoms with Crippen molar-refractivity contribution in [1.29, 1.82) is 0 Å². The third kappa shape index (κ3) is 2.24. The minimum atomic E-state index is 0.397. The normalized spacial score (nSPS) is 11.5. The van der Waals surface area contributed by atoms with E-state index in [1.165, 1.54) is 6.20 Å². The topological polar surface area (TPSA) is 46.8 Å². The lowest BCUT2D eigenvalue weighted by Gasteiger charge is -2.09. The first-order valence-electron chi connectivity index (χ1n) is 4.65. The molecule has 2 aromatic heterocycles. The van der Waals surface area contributed by atoms with E-state index in [0.717, 1.165) is 24.3 Å². The first-order chi connectivity index (χ1) is 7.16. The molecule has 0 bridgehead atoms. The highest BCUT2D eigenvalue weighted by Crippen LogP contribution is 2.11. The van der Waals surface area contributed by atoms with Crippen LogP contribution in [0.15, 0.2) is 12.4 Å². The molecule has 0 amide bonds. The lowest BCUT2D eigenvalue weighted by atomic mass is 10.5. The molecule has 0 aromatic carbocycles. The molecule has 0 atom stereocenters. The summed E-state index contributed by atoms with van der Waals surface area (Å²) in [7, 11) is 4.04. The Bertz CT molecular complexity index is 464. The van der Waals surface area contributed by atoms with Crippen LogP contribution in [0.4, 0.5) is 0 Å². The van der Waals surface area contributed by atoms with Crippen molar-refractivity contribution >= 4 is 22.8 Å². The van der Waals surface area contributed by atoms with Crippen LogP contribution < -0.4 is 0 Å². The van der Waals surface area contributed by atoms with Crippen LogP contribution in [0.5, 0.6) is 0 Å². The molecule has 0 saturated heterocycles. The van der Waals surface area contributed by atoms with Crippen LogP contribution in [0.1, 0.15) is 0 Å². The van der Waals surface area contributed by atoms with E-state index in [4.69, 9.17) is 11.6 Å². The van der Waals surface area contributed by atoms with E-state index < -0.39 is 0 Å². The van der Waals surface area contributed by atoms with Gasteiger partial charge in [-0.05, 0) is 14.1 Å². The molecular weight excluding hydrogens is 214 g/mol. The molecule has 0 fully saturated rings. The second-order valence-corrected chi connectivity index (χ2v) is 3.96. The monoisotopic (exact) mass is 225 g/mol. The summed E-state index contributed by atoms with van der Waals surface area (Å²) in [5.41, 5.74) is 1.52. The third-order valence-electron chi connectivity index (χ3n) is 2.07. The molecule has 0 aliphatic carbocycles. The standard InChI is InChI=1S/C9H12ClN5/c1-14(2)3-4-15-9-7(5-12-15)11-6-8(10)13-9/h5-6H,3-4H2,1-2H3. The quantitative estimate of drug-likeness (QED) is 0.783. The van der Waals surface area contributed by atoms with Crippen LogP contribution in [-0.4, -0.2) is 45.3 Å².